The molecule has 26 heavy (non-hydrogen) atoms. The topological polar surface area (TPSA) is 17.8 Å². The zero-order valence-corrected chi connectivity index (χ0v) is 17.7. The molecule has 1 heterocycles. The van der Waals surface area contributed by atoms with E-state index in [2.05, 4.69) is 11.7 Å². The van der Waals surface area contributed by atoms with Crippen LogP contribution in [-0.4, -0.2) is 9.78 Å². The van der Waals surface area contributed by atoms with Crippen LogP contribution in [0.3, 0.4) is 0 Å². The van der Waals surface area contributed by atoms with Gasteiger partial charge in [0.2, 0.25) is 0 Å². The molecule has 0 amide bonds. The van der Waals surface area contributed by atoms with Crippen LogP contribution >= 0.6 is 23.2 Å². The third kappa shape index (κ3) is 4.05. The van der Waals surface area contributed by atoms with E-state index in [-0.39, 0.29) is 0 Å². The van der Waals surface area contributed by atoms with Crippen LogP contribution in [0, 0.1) is 6.92 Å². The van der Waals surface area contributed by atoms with E-state index < -0.39 is 5.67 Å². The van der Waals surface area contributed by atoms with Crippen LogP contribution < -0.4 is 0 Å². The highest BCUT2D eigenvalue weighted by molar-refractivity contribution is 6.36. The molecule has 1 aromatic heterocycles. The maximum Gasteiger partial charge on any atom is 0.130 e. The Bertz CT molecular complexity index is 924. The van der Waals surface area contributed by atoms with E-state index >= 15 is 0 Å². The SMILES string of the molecule is C=C/C(Cl)=C(/Cc1nn(C)c2cc(C(C)(C)F)cc(C)c12)C(Cl)=C(C)C. The second kappa shape index (κ2) is 7.58. The molecule has 2 nitrogen and oxygen atoms in total. The maximum atomic E-state index is 14.4. The lowest BCUT2D eigenvalue weighted by Gasteiger charge is -2.16. The van der Waals surface area contributed by atoms with Gasteiger partial charge in [-0.1, -0.05) is 47.5 Å². The molecule has 0 bridgehead atoms. The van der Waals surface area contributed by atoms with Crippen LogP contribution in [0.5, 0.6) is 0 Å². The molecule has 0 aliphatic carbocycles. The summed E-state index contributed by atoms with van der Waals surface area (Å²) >= 11 is 12.9. The van der Waals surface area contributed by atoms with Crippen molar-refractivity contribution in [1.82, 2.24) is 9.78 Å². The Morgan fingerprint density at radius 3 is 2.42 bits per heavy atom. The van der Waals surface area contributed by atoms with E-state index in [0.717, 1.165) is 33.3 Å². The van der Waals surface area contributed by atoms with Crippen molar-refractivity contribution in [2.75, 3.05) is 0 Å². The molecule has 0 radical (unpaired) electrons. The second-order valence-corrected chi connectivity index (χ2v) is 8.04. The number of hydrogen-bond acceptors (Lipinski definition) is 1. The molecule has 0 saturated heterocycles. The van der Waals surface area contributed by atoms with Gasteiger partial charge in [-0.15, -0.1) is 0 Å². The monoisotopic (exact) mass is 394 g/mol. The fraction of sp³-hybridized carbons (Fsp3) is 0.381. The molecular weight excluding hydrogens is 370 g/mol. The molecule has 0 fully saturated rings. The predicted molar refractivity (Wildman–Crippen MR) is 111 cm³/mol. The second-order valence-electron chi connectivity index (χ2n) is 7.25. The van der Waals surface area contributed by atoms with Crippen LogP contribution in [0.15, 0.2) is 46.0 Å². The molecule has 0 spiro atoms. The molecule has 5 heteroatoms. The smallest absolute Gasteiger partial charge is 0.130 e. The summed E-state index contributed by atoms with van der Waals surface area (Å²) < 4.78 is 16.2. The summed E-state index contributed by atoms with van der Waals surface area (Å²) in [6.45, 7) is 12.7. The van der Waals surface area contributed by atoms with Gasteiger partial charge in [0, 0.05) is 28.9 Å². The first-order valence-corrected chi connectivity index (χ1v) is 9.23. The molecule has 2 rings (SSSR count). The van der Waals surface area contributed by atoms with Gasteiger partial charge < -0.3 is 0 Å². The van der Waals surface area contributed by atoms with Gasteiger partial charge >= 0.3 is 0 Å². The van der Waals surface area contributed by atoms with E-state index in [1.165, 1.54) is 0 Å². The highest BCUT2D eigenvalue weighted by atomic mass is 35.5. The van der Waals surface area contributed by atoms with Gasteiger partial charge in [0.1, 0.15) is 5.67 Å². The quantitative estimate of drug-likeness (QED) is 0.507. The molecule has 1 aromatic carbocycles. The average Bonchev–Trinajstić information content (AvgIpc) is 2.87. The largest absolute Gasteiger partial charge is 0.268 e. The van der Waals surface area contributed by atoms with Gasteiger partial charge in [-0.25, -0.2) is 4.39 Å². The van der Waals surface area contributed by atoms with E-state index in [0.29, 0.717) is 22.0 Å². The summed E-state index contributed by atoms with van der Waals surface area (Å²) in [6, 6.07) is 3.74. The number of aryl methyl sites for hydroxylation is 2. The van der Waals surface area contributed by atoms with Gasteiger partial charge in [0.05, 0.1) is 11.2 Å². The molecule has 0 aliphatic rings. The third-order valence-electron chi connectivity index (χ3n) is 4.42. The first-order chi connectivity index (χ1) is 12.0. The predicted octanol–water partition coefficient (Wildman–Crippen LogP) is 6.84. The Labute approximate surface area is 165 Å². The Kier molecular flexibility index (Phi) is 6.04. The standard InChI is InChI=1S/C21H25Cl2FN2/c1-8-16(22)15(20(23)12(2)3)11-17-19-13(4)9-14(21(5,6)24)10-18(19)26(7)25-17/h8-10H,1,11H2,2-7H3/b16-15+. The van der Waals surface area contributed by atoms with Crippen LogP contribution in [0.1, 0.15) is 44.5 Å². The van der Waals surface area contributed by atoms with Crippen LogP contribution in [0.4, 0.5) is 4.39 Å². The number of aromatic nitrogens is 2. The Morgan fingerprint density at radius 2 is 1.92 bits per heavy atom. The van der Waals surface area contributed by atoms with Gasteiger partial charge in [0.25, 0.3) is 0 Å². The first kappa shape index (κ1) is 20.7. The zero-order valence-electron chi connectivity index (χ0n) is 16.2. The summed E-state index contributed by atoms with van der Waals surface area (Å²) in [5.41, 5.74) is 3.72. The Morgan fingerprint density at radius 1 is 1.31 bits per heavy atom. The lowest BCUT2D eigenvalue weighted by Crippen LogP contribution is -2.09. The number of rotatable bonds is 5. The fourth-order valence-electron chi connectivity index (χ4n) is 3.01. The van der Waals surface area contributed by atoms with Crippen molar-refractivity contribution < 1.29 is 4.39 Å². The van der Waals surface area contributed by atoms with Crippen molar-refractivity contribution in [2.45, 2.75) is 46.7 Å². The van der Waals surface area contributed by atoms with Gasteiger partial charge in [-0.05, 0) is 57.4 Å². The van der Waals surface area contributed by atoms with Crippen molar-refractivity contribution in [3.8, 4) is 0 Å². The molecule has 0 atom stereocenters. The number of hydrogen-bond donors (Lipinski definition) is 0. The summed E-state index contributed by atoms with van der Waals surface area (Å²) in [7, 11) is 1.86. The number of halogens is 3. The van der Waals surface area contributed by atoms with Crippen molar-refractivity contribution in [3.05, 3.63) is 62.8 Å². The van der Waals surface area contributed by atoms with Gasteiger partial charge in [-0.3, -0.25) is 4.68 Å². The van der Waals surface area contributed by atoms with Crippen LogP contribution in [0.25, 0.3) is 10.9 Å². The minimum Gasteiger partial charge on any atom is -0.268 e. The highest BCUT2D eigenvalue weighted by Gasteiger charge is 2.23. The summed E-state index contributed by atoms with van der Waals surface area (Å²) in [5.74, 6) is 0. The molecule has 0 saturated carbocycles. The summed E-state index contributed by atoms with van der Waals surface area (Å²) in [6.07, 6.45) is 2.06. The molecule has 0 aliphatic heterocycles. The number of alkyl halides is 1. The van der Waals surface area contributed by atoms with E-state index in [4.69, 9.17) is 23.2 Å². The van der Waals surface area contributed by atoms with Crippen molar-refractivity contribution in [3.63, 3.8) is 0 Å². The van der Waals surface area contributed by atoms with Crippen molar-refractivity contribution >= 4 is 34.1 Å². The summed E-state index contributed by atoms with van der Waals surface area (Å²) in [5, 5.41) is 6.79. The minimum absolute atomic E-state index is 0.478. The normalized spacial score (nSPS) is 13.0. The fourth-order valence-corrected chi connectivity index (χ4v) is 3.39. The van der Waals surface area contributed by atoms with E-state index in [9.17, 15) is 4.39 Å². The highest BCUT2D eigenvalue weighted by Crippen LogP contribution is 2.34. The average molecular weight is 395 g/mol. The molecular formula is C21H25Cl2FN2. The molecule has 140 valence electrons. The Hall–Kier alpha value is -1.58. The molecule has 0 unspecified atom stereocenters. The van der Waals surface area contributed by atoms with E-state index in [1.54, 1.807) is 24.6 Å². The van der Waals surface area contributed by atoms with Crippen LogP contribution in [-0.2, 0) is 19.1 Å². The third-order valence-corrected chi connectivity index (χ3v) is 5.41. The number of benzene rings is 1. The van der Waals surface area contributed by atoms with Crippen LogP contribution in [0.2, 0.25) is 0 Å². The Balaban J connectivity index is 2.68. The maximum absolute atomic E-state index is 14.4. The number of allylic oxidation sites excluding steroid dienone is 5. The lowest BCUT2D eigenvalue weighted by atomic mass is 9.94. The summed E-state index contributed by atoms with van der Waals surface area (Å²) in [4.78, 5) is 0. The van der Waals surface area contributed by atoms with Crippen molar-refractivity contribution in [1.29, 1.82) is 0 Å². The van der Waals surface area contributed by atoms with Crippen molar-refractivity contribution in [2.24, 2.45) is 7.05 Å². The zero-order chi connectivity index (χ0) is 19.8. The lowest BCUT2D eigenvalue weighted by molar-refractivity contribution is 0.221. The molecule has 0 N–H and O–H groups in total. The number of fused-ring (bicyclic) bond motifs is 1. The molecule has 2 aromatic rings. The van der Waals surface area contributed by atoms with E-state index in [1.807, 2.05) is 40.0 Å². The minimum atomic E-state index is -1.41. The first-order valence-electron chi connectivity index (χ1n) is 8.47. The number of nitrogens with zero attached hydrogens (tertiary/aromatic N) is 2. The van der Waals surface area contributed by atoms with Gasteiger partial charge in [0.15, 0.2) is 0 Å². The van der Waals surface area contributed by atoms with Gasteiger partial charge in [-0.2, -0.15) is 5.10 Å².